The first-order chi connectivity index (χ1) is 11.4. The Morgan fingerprint density at radius 3 is 2.79 bits per heavy atom. The Morgan fingerprint density at radius 2 is 2.21 bits per heavy atom. The van der Waals surface area contributed by atoms with Crippen LogP contribution in [-0.2, 0) is 6.54 Å². The average molecular weight is 348 g/mol. The summed E-state index contributed by atoms with van der Waals surface area (Å²) in [5.74, 6) is -0.515. The fraction of sp³-hybridized carbons (Fsp3) is 0.267. The van der Waals surface area contributed by atoms with Gasteiger partial charge in [-0.05, 0) is 26.0 Å². The van der Waals surface area contributed by atoms with E-state index in [-0.39, 0.29) is 34.2 Å². The Balaban J connectivity index is 2.64. The molecule has 0 aliphatic rings. The van der Waals surface area contributed by atoms with E-state index in [1.165, 1.54) is 20.0 Å². The summed E-state index contributed by atoms with van der Waals surface area (Å²) < 4.78 is 0.884. The van der Waals surface area contributed by atoms with Crippen molar-refractivity contribution < 1.29 is 10.2 Å². The van der Waals surface area contributed by atoms with Crippen molar-refractivity contribution in [2.45, 2.75) is 26.5 Å². The summed E-state index contributed by atoms with van der Waals surface area (Å²) >= 11 is 5.88. The number of azo groups is 1. The monoisotopic (exact) mass is 347 g/mol. The van der Waals surface area contributed by atoms with E-state index in [0.717, 1.165) is 4.57 Å². The highest BCUT2D eigenvalue weighted by atomic mass is 35.5. The van der Waals surface area contributed by atoms with Gasteiger partial charge in [-0.2, -0.15) is 5.26 Å². The maximum absolute atomic E-state index is 12.5. The summed E-state index contributed by atoms with van der Waals surface area (Å²) in [5.41, 5.74) is -0.461. The Morgan fingerprint density at radius 1 is 1.50 bits per heavy atom. The van der Waals surface area contributed by atoms with Crippen LogP contribution >= 0.6 is 11.6 Å². The third kappa shape index (κ3) is 3.42. The zero-order valence-electron chi connectivity index (χ0n) is 12.9. The third-order valence-electron chi connectivity index (χ3n) is 3.21. The van der Waals surface area contributed by atoms with Gasteiger partial charge in [0.05, 0.1) is 12.6 Å². The third-order valence-corrected chi connectivity index (χ3v) is 3.50. The van der Waals surface area contributed by atoms with E-state index >= 15 is 0 Å². The van der Waals surface area contributed by atoms with Crippen molar-refractivity contribution in [3.8, 4) is 11.9 Å². The first kappa shape index (κ1) is 17.6. The van der Waals surface area contributed by atoms with E-state index in [4.69, 9.17) is 11.6 Å². The molecule has 2 N–H and O–H groups in total. The number of hydrogen-bond acceptors (Lipinski definition) is 7. The maximum Gasteiger partial charge on any atom is 0.281 e. The van der Waals surface area contributed by atoms with Gasteiger partial charge in [-0.15, -0.1) is 10.2 Å². The number of hydrogen-bond donors (Lipinski definition) is 2. The van der Waals surface area contributed by atoms with Crippen LogP contribution in [0.1, 0.15) is 18.1 Å². The summed E-state index contributed by atoms with van der Waals surface area (Å²) in [6.07, 6.45) is 0.580. The van der Waals surface area contributed by atoms with Crippen molar-refractivity contribution in [1.82, 2.24) is 9.55 Å². The molecular weight excluding hydrogens is 334 g/mol. The van der Waals surface area contributed by atoms with Gasteiger partial charge >= 0.3 is 0 Å². The molecule has 124 valence electrons. The van der Waals surface area contributed by atoms with E-state index in [2.05, 4.69) is 15.2 Å². The highest BCUT2D eigenvalue weighted by Crippen LogP contribution is 2.28. The molecule has 0 aliphatic carbocycles. The quantitative estimate of drug-likeness (QED) is 0.649. The van der Waals surface area contributed by atoms with E-state index in [1.54, 1.807) is 12.1 Å². The van der Waals surface area contributed by atoms with Gasteiger partial charge < -0.3 is 10.2 Å². The zero-order valence-corrected chi connectivity index (χ0v) is 13.7. The first-order valence-corrected chi connectivity index (χ1v) is 7.31. The predicted molar refractivity (Wildman–Crippen MR) is 86.9 cm³/mol. The molecule has 2 heterocycles. The molecule has 9 heteroatoms. The van der Waals surface area contributed by atoms with Crippen LogP contribution in [0.4, 0.5) is 11.4 Å². The minimum absolute atomic E-state index is 0.110. The highest BCUT2D eigenvalue weighted by Gasteiger charge is 2.20. The lowest BCUT2D eigenvalue weighted by atomic mass is 10.1. The molecule has 0 bridgehead atoms. The summed E-state index contributed by atoms with van der Waals surface area (Å²) in [5, 5.41) is 36.7. The number of nitriles is 1. The van der Waals surface area contributed by atoms with Crippen LogP contribution < -0.4 is 5.56 Å². The molecule has 0 saturated carbocycles. The first-order valence-electron chi connectivity index (χ1n) is 6.93. The Kier molecular flexibility index (Phi) is 5.28. The number of halogens is 1. The summed E-state index contributed by atoms with van der Waals surface area (Å²) in [6.45, 7) is 2.75. The fourth-order valence-corrected chi connectivity index (χ4v) is 2.20. The molecule has 0 amide bonds. The van der Waals surface area contributed by atoms with E-state index in [1.807, 2.05) is 6.07 Å². The lowest BCUT2D eigenvalue weighted by Gasteiger charge is -2.14. The Labute approximate surface area is 142 Å². The molecule has 2 aromatic rings. The van der Waals surface area contributed by atoms with Gasteiger partial charge in [0.15, 0.2) is 10.8 Å². The normalized spacial score (nSPS) is 12.3. The van der Waals surface area contributed by atoms with Gasteiger partial charge in [0.1, 0.15) is 17.3 Å². The number of aromatic hydroxyl groups is 1. The van der Waals surface area contributed by atoms with Crippen molar-refractivity contribution in [3.05, 3.63) is 45.0 Å². The maximum atomic E-state index is 12.5. The topological polar surface area (TPSA) is 124 Å². The van der Waals surface area contributed by atoms with Crippen LogP contribution in [0.2, 0.25) is 5.15 Å². The lowest BCUT2D eigenvalue weighted by molar-refractivity contribution is 0.167. The minimum Gasteiger partial charge on any atom is -0.493 e. The van der Waals surface area contributed by atoms with Gasteiger partial charge in [-0.1, -0.05) is 11.6 Å². The molecule has 0 saturated heterocycles. The smallest absolute Gasteiger partial charge is 0.281 e. The van der Waals surface area contributed by atoms with Crippen LogP contribution in [-0.4, -0.2) is 25.9 Å². The SMILES string of the molecule is Cc1c(C#N)c(O)n(CC(C)O)c(=O)c1N=Nc1cccnc1Cl. The number of aliphatic hydroxyl groups is 1. The van der Waals surface area contributed by atoms with Crippen molar-refractivity contribution in [3.63, 3.8) is 0 Å². The number of aliphatic hydroxyl groups excluding tert-OH is 1. The van der Waals surface area contributed by atoms with Crippen LogP contribution in [0.25, 0.3) is 0 Å². The van der Waals surface area contributed by atoms with Crippen LogP contribution in [0.5, 0.6) is 5.88 Å². The average Bonchev–Trinajstić information content (AvgIpc) is 2.53. The second kappa shape index (κ2) is 7.21. The van der Waals surface area contributed by atoms with E-state index < -0.39 is 17.5 Å². The van der Waals surface area contributed by atoms with Gasteiger partial charge in [-0.3, -0.25) is 9.36 Å². The van der Waals surface area contributed by atoms with Crippen molar-refractivity contribution in [2.24, 2.45) is 10.2 Å². The highest BCUT2D eigenvalue weighted by molar-refractivity contribution is 6.31. The number of nitrogens with zero attached hydrogens (tertiary/aromatic N) is 5. The molecule has 0 aromatic carbocycles. The van der Waals surface area contributed by atoms with Gasteiger partial charge in [0, 0.05) is 11.8 Å². The predicted octanol–water partition coefficient (Wildman–Crippen LogP) is 2.58. The molecule has 2 rings (SSSR count). The molecule has 0 fully saturated rings. The van der Waals surface area contributed by atoms with Crippen molar-refractivity contribution >= 4 is 23.0 Å². The molecule has 1 atom stereocenters. The summed E-state index contributed by atoms with van der Waals surface area (Å²) in [6, 6.07) is 4.99. The van der Waals surface area contributed by atoms with Crippen LogP contribution in [0, 0.1) is 18.3 Å². The molecule has 1 unspecified atom stereocenters. The fourth-order valence-electron chi connectivity index (χ4n) is 2.05. The molecule has 0 spiro atoms. The van der Waals surface area contributed by atoms with Crippen LogP contribution in [0.3, 0.4) is 0 Å². The minimum atomic E-state index is -0.902. The second-order valence-electron chi connectivity index (χ2n) is 5.06. The number of rotatable bonds is 4. The van der Waals surface area contributed by atoms with Crippen molar-refractivity contribution in [2.75, 3.05) is 0 Å². The van der Waals surface area contributed by atoms with Gasteiger partial charge in [-0.25, -0.2) is 4.98 Å². The van der Waals surface area contributed by atoms with Gasteiger partial charge in [0.25, 0.3) is 5.56 Å². The van der Waals surface area contributed by atoms with E-state index in [0.29, 0.717) is 0 Å². The molecule has 0 radical (unpaired) electrons. The second-order valence-corrected chi connectivity index (χ2v) is 5.42. The summed E-state index contributed by atoms with van der Waals surface area (Å²) in [4.78, 5) is 16.3. The lowest BCUT2D eigenvalue weighted by Crippen LogP contribution is -2.26. The molecule has 8 nitrogen and oxygen atoms in total. The summed E-state index contributed by atoms with van der Waals surface area (Å²) in [7, 11) is 0. The standard InChI is InChI=1S/C15H14ClN5O3/c1-8(22)7-21-14(23)10(6-17)9(2)12(15(21)24)20-19-11-4-3-5-18-13(11)16/h3-5,8,22-23H,7H2,1-2H3. The van der Waals surface area contributed by atoms with Crippen LogP contribution in [0.15, 0.2) is 33.4 Å². The Bertz CT molecular complexity index is 899. The largest absolute Gasteiger partial charge is 0.493 e. The number of aromatic nitrogens is 2. The van der Waals surface area contributed by atoms with Gasteiger partial charge in [0.2, 0.25) is 5.88 Å². The molecule has 0 aliphatic heterocycles. The molecule has 24 heavy (non-hydrogen) atoms. The number of pyridine rings is 2. The molecule has 2 aromatic heterocycles. The van der Waals surface area contributed by atoms with Crippen molar-refractivity contribution in [1.29, 1.82) is 5.26 Å². The van der Waals surface area contributed by atoms with E-state index in [9.17, 15) is 20.3 Å². The zero-order chi connectivity index (χ0) is 17.9. The Hall–Kier alpha value is -2.76. The molecular formula is C15H14ClN5O3.